The van der Waals surface area contributed by atoms with Gasteiger partial charge in [-0.05, 0) is 91.4 Å². The normalized spacial score (nSPS) is 15.3. The molecule has 1 unspecified atom stereocenters. The summed E-state index contributed by atoms with van der Waals surface area (Å²) < 4.78 is 19.1. The predicted octanol–water partition coefficient (Wildman–Crippen LogP) is 6.01. The Morgan fingerprint density at radius 1 is 1.09 bits per heavy atom. The third-order valence-electron chi connectivity index (χ3n) is 7.44. The second-order valence-electron chi connectivity index (χ2n) is 11.8. The van der Waals surface area contributed by atoms with Gasteiger partial charge in [-0.2, -0.15) is 0 Å². The van der Waals surface area contributed by atoms with E-state index in [1.165, 1.54) is 10.9 Å². The number of carbonyl (C=O) groups is 1. The molecule has 0 aliphatic carbocycles. The number of hydrogen-bond donors (Lipinski definition) is 1. The predicted molar refractivity (Wildman–Crippen MR) is 172 cm³/mol. The van der Waals surface area contributed by atoms with Gasteiger partial charge in [-0.3, -0.25) is 9.36 Å². The molecule has 1 aliphatic rings. The molecule has 11 heteroatoms. The number of ether oxygens (including phenoxy) is 3. The maximum atomic E-state index is 13.9. The first-order valence-electron chi connectivity index (χ1n) is 14.7. The number of fused-ring (bicyclic) bond motifs is 1. The second-order valence-corrected chi connectivity index (χ2v) is 12.6. The van der Waals surface area contributed by atoms with E-state index in [0.29, 0.717) is 53.2 Å². The number of rotatable bonds is 9. The van der Waals surface area contributed by atoms with Crippen molar-refractivity contribution in [2.75, 3.05) is 20.2 Å². The van der Waals surface area contributed by atoms with Crippen molar-refractivity contribution in [1.29, 1.82) is 0 Å². The standard InChI is InChI=1S/C33H38BrN5O5/c1-33(2,3)44-32(41)38-15-6-5-8-24(38)17-35-18-27-28(34)19-36-30-29(27)31(40)39(21-37-30)23-9-7-10-26(16-23)43-20-22-11-13-25(42-4)14-12-22/h7,9-14,16,19,21,24,35H,5-6,8,15,17-18,20H2,1-4H3. The first kappa shape index (κ1) is 31.5. The van der Waals surface area contributed by atoms with Crippen LogP contribution in [-0.4, -0.2) is 57.4 Å². The van der Waals surface area contributed by atoms with E-state index in [-0.39, 0.29) is 17.7 Å². The Labute approximate surface area is 265 Å². The number of piperidine rings is 1. The number of hydrogen-bond acceptors (Lipinski definition) is 8. The highest BCUT2D eigenvalue weighted by Crippen LogP contribution is 2.24. The van der Waals surface area contributed by atoms with Crippen LogP contribution in [0.15, 0.2) is 70.3 Å². The zero-order valence-electron chi connectivity index (χ0n) is 25.5. The molecular formula is C33H38BrN5O5. The Balaban J connectivity index is 1.34. The zero-order valence-corrected chi connectivity index (χ0v) is 27.1. The van der Waals surface area contributed by atoms with E-state index in [4.69, 9.17) is 14.2 Å². The lowest BCUT2D eigenvalue weighted by Gasteiger charge is -2.37. The molecule has 5 rings (SSSR count). The van der Waals surface area contributed by atoms with Gasteiger partial charge in [0.1, 0.15) is 30.0 Å². The van der Waals surface area contributed by atoms with E-state index in [9.17, 15) is 9.59 Å². The van der Waals surface area contributed by atoms with Gasteiger partial charge in [-0.1, -0.05) is 18.2 Å². The van der Waals surface area contributed by atoms with E-state index in [0.717, 1.165) is 36.1 Å². The zero-order chi connectivity index (χ0) is 31.3. The Kier molecular flexibility index (Phi) is 9.85. The maximum absolute atomic E-state index is 13.9. The molecule has 232 valence electrons. The number of benzene rings is 2. The van der Waals surface area contributed by atoms with Crippen molar-refractivity contribution in [3.8, 4) is 17.2 Å². The molecule has 0 bridgehead atoms. The molecule has 1 N–H and O–H groups in total. The lowest BCUT2D eigenvalue weighted by Crippen LogP contribution is -2.50. The smallest absolute Gasteiger partial charge is 0.410 e. The largest absolute Gasteiger partial charge is 0.497 e. The lowest BCUT2D eigenvalue weighted by atomic mass is 10.0. The number of likely N-dealkylation sites (tertiary alicyclic amines) is 1. The van der Waals surface area contributed by atoms with Crippen molar-refractivity contribution in [3.05, 3.63) is 87.0 Å². The number of nitrogens with one attached hydrogen (secondary N) is 1. The molecule has 0 saturated carbocycles. The third kappa shape index (κ3) is 7.57. The minimum Gasteiger partial charge on any atom is -0.497 e. The van der Waals surface area contributed by atoms with E-state index >= 15 is 0 Å². The van der Waals surface area contributed by atoms with Gasteiger partial charge < -0.3 is 24.4 Å². The molecule has 1 aliphatic heterocycles. The minimum atomic E-state index is -0.553. The Hall–Kier alpha value is -3.96. The summed E-state index contributed by atoms with van der Waals surface area (Å²) in [6.45, 7) is 7.63. The van der Waals surface area contributed by atoms with Crippen LogP contribution in [0.2, 0.25) is 0 Å². The highest BCUT2D eigenvalue weighted by molar-refractivity contribution is 9.10. The Bertz CT molecular complexity index is 1670. The molecular weight excluding hydrogens is 626 g/mol. The Morgan fingerprint density at radius 3 is 2.64 bits per heavy atom. The van der Waals surface area contributed by atoms with Crippen LogP contribution in [0, 0.1) is 0 Å². The number of aromatic nitrogens is 3. The van der Waals surface area contributed by atoms with Crippen LogP contribution in [0.3, 0.4) is 0 Å². The van der Waals surface area contributed by atoms with Gasteiger partial charge in [0, 0.05) is 42.4 Å². The van der Waals surface area contributed by atoms with Crippen LogP contribution in [0.5, 0.6) is 11.5 Å². The molecule has 4 aromatic rings. The molecule has 0 spiro atoms. The van der Waals surface area contributed by atoms with Crippen molar-refractivity contribution in [1.82, 2.24) is 24.8 Å². The number of pyridine rings is 1. The summed E-state index contributed by atoms with van der Waals surface area (Å²) in [6.07, 6.45) is 5.75. The summed E-state index contributed by atoms with van der Waals surface area (Å²) in [5, 5.41) is 3.90. The Morgan fingerprint density at radius 2 is 1.89 bits per heavy atom. The topological polar surface area (TPSA) is 108 Å². The van der Waals surface area contributed by atoms with Crippen molar-refractivity contribution in [2.45, 2.75) is 64.8 Å². The first-order valence-corrected chi connectivity index (χ1v) is 15.5. The van der Waals surface area contributed by atoms with Crippen LogP contribution >= 0.6 is 15.9 Å². The van der Waals surface area contributed by atoms with Gasteiger partial charge in [0.05, 0.1) is 18.2 Å². The summed E-state index contributed by atoms with van der Waals surface area (Å²) in [7, 11) is 1.63. The van der Waals surface area contributed by atoms with E-state index in [2.05, 4.69) is 31.2 Å². The van der Waals surface area contributed by atoms with Crippen molar-refractivity contribution >= 4 is 33.1 Å². The molecule has 10 nitrogen and oxygen atoms in total. The molecule has 0 radical (unpaired) electrons. The van der Waals surface area contributed by atoms with Gasteiger partial charge in [0.15, 0.2) is 5.65 Å². The van der Waals surface area contributed by atoms with Crippen LogP contribution in [-0.2, 0) is 17.9 Å². The van der Waals surface area contributed by atoms with Gasteiger partial charge in [-0.15, -0.1) is 0 Å². The highest BCUT2D eigenvalue weighted by atomic mass is 79.9. The second kappa shape index (κ2) is 13.8. The van der Waals surface area contributed by atoms with Crippen LogP contribution < -0.4 is 20.3 Å². The average Bonchev–Trinajstić information content (AvgIpc) is 3.01. The van der Waals surface area contributed by atoms with E-state index < -0.39 is 5.60 Å². The lowest BCUT2D eigenvalue weighted by molar-refractivity contribution is 0.00993. The van der Waals surface area contributed by atoms with Crippen LogP contribution in [0.25, 0.3) is 16.7 Å². The van der Waals surface area contributed by atoms with Crippen LogP contribution in [0.4, 0.5) is 4.79 Å². The molecule has 44 heavy (non-hydrogen) atoms. The molecule has 3 heterocycles. The summed E-state index contributed by atoms with van der Waals surface area (Å²) in [5.41, 5.74) is 1.96. The molecule has 1 atom stereocenters. The summed E-state index contributed by atoms with van der Waals surface area (Å²) in [5.74, 6) is 1.41. The first-order chi connectivity index (χ1) is 21.1. The van der Waals surface area contributed by atoms with Crippen molar-refractivity contribution in [2.24, 2.45) is 0 Å². The molecule has 2 aromatic carbocycles. The van der Waals surface area contributed by atoms with Crippen molar-refractivity contribution < 1.29 is 19.0 Å². The average molecular weight is 665 g/mol. The summed E-state index contributed by atoms with van der Waals surface area (Å²) >= 11 is 3.60. The monoisotopic (exact) mass is 663 g/mol. The van der Waals surface area contributed by atoms with Crippen LogP contribution in [0.1, 0.15) is 51.2 Å². The number of nitrogens with zero attached hydrogens (tertiary/aromatic N) is 4. The van der Waals surface area contributed by atoms with Gasteiger partial charge in [0.2, 0.25) is 0 Å². The van der Waals surface area contributed by atoms with Crippen molar-refractivity contribution in [3.63, 3.8) is 0 Å². The summed E-state index contributed by atoms with van der Waals surface area (Å²) in [6, 6.07) is 15.0. The number of halogens is 1. The molecule has 1 saturated heterocycles. The van der Waals surface area contributed by atoms with Gasteiger partial charge >= 0.3 is 6.09 Å². The fraction of sp³-hybridized carbons (Fsp3) is 0.394. The van der Waals surface area contributed by atoms with E-state index in [1.54, 1.807) is 13.3 Å². The fourth-order valence-electron chi connectivity index (χ4n) is 5.23. The maximum Gasteiger partial charge on any atom is 0.410 e. The highest BCUT2D eigenvalue weighted by Gasteiger charge is 2.30. The fourth-order valence-corrected chi connectivity index (χ4v) is 5.67. The number of amides is 1. The SMILES string of the molecule is COc1ccc(COc2cccc(-n3cnc4ncc(Br)c(CNCC5CCCCN5C(=O)OC(C)(C)C)c4c3=O)c2)cc1. The third-order valence-corrected chi connectivity index (χ3v) is 8.12. The molecule has 1 amide bonds. The van der Waals surface area contributed by atoms with E-state index in [1.807, 2.05) is 74.2 Å². The quantitative estimate of drug-likeness (QED) is 0.232. The molecule has 1 fully saturated rings. The van der Waals surface area contributed by atoms with Gasteiger partial charge in [-0.25, -0.2) is 14.8 Å². The summed E-state index contributed by atoms with van der Waals surface area (Å²) in [4.78, 5) is 37.5. The minimum absolute atomic E-state index is 0.000847. The van der Waals surface area contributed by atoms with Gasteiger partial charge in [0.25, 0.3) is 5.56 Å². The molecule has 2 aromatic heterocycles. The number of carbonyl (C=O) groups excluding carboxylic acids is 1. The number of methoxy groups -OCH3 is 1.